The number of anilines is 1. The van der Waals surface area contributed by atoms with E-state index in [1.807, 2.05) is 55.5 Å². The lowest BCUT2D eigenvalue weighted by atomic mass is 10.00. The van der Waals surface area contributed by atoms with E-state index in [0.717, 1.165) is 41.6 Å². The Labute approximate surface area is 190 Å². The van der Waals surface area contributed by atoms with Gasteiger partial charge in [0.15, 0.2) is 0 Å². The maximum absolute atomic E-state index is 12.4. The summed E-state index contributed by atoms with van der Waals surface area (Å²) < 4.78 is 0. The van der Waals surface area contributed by atoms with Crippen molar-refractivity contribution in [1.82, 2.24) is 5.32 Å². The summed E-state index contributed by atoms with van der Waals surface area (Å²) in [7, 11) is 1.80. The second-order valence-corrected chi connectivity index (χ2v) is 8.07. The summed E-state index contributed by atoms with van der Waals surface area (Å²) in [6.07, 6.45) is 4.79. The summed E-state index contributed by atoms with van der Waals surface area (Å²) in [6.45, 7) is 4.00. The van der Waals surface area contributed by atoms with Gasteiger partial charge in [-0.3, -0.25) is 9.59 Å². The van der Waals surface area contributed by atoms with Crippen LogP contribution in [0.5, 0.6) is 0 Å². The maximum Gasteiger partial charge on any atom is 0.326 e. The van der Waals surface area contributed by atoms with Crippen LogP contribution in [0.25, 0.3) is 11.1 Å². The SMILES string of the molecule is CCCCCC(=O)N(C)c1cccc(-c2ccc(CC(NC(=O)CCC)C(=O)O)cc2)c1. The van der Waals surface area contributed by atoms with E-state index in [2.05, 4.69) is 12.2 Å². The van der Waals surface area contributed by atoms with Gasteiger partial charge in [0, 0.05) is 32.0 Å². The van der Waals surface area contributed by atoms with Crippen molar-refractivity contribution in [3.05, 3.63) is 54.1 Å². The number of hydrogen-bond acceptors (Lipinski definition) is 3. The number of benzene rings is 2. The van der Waals surface area contributed by atoms with Crippen LogP contribution in [0.4, 0.5) is 5.69 Å². The number of rotatable bonds is 12. The van der Waals surface area contributed by atoms with Crippen molar-refractivity contribution in [1.29, 1.82) is 0 Å². The van der Waals surface area contributed by atoms with E-state index in [9.17, 15) is 19.5 Å². The molecule has 1 atom stereocenters. The second-order valence-electron chi connectivity index (χ2n) is 8.07. The van der Waals surface area contributed by atoms with E-state index in [1.54, 1.807) is 11.9 Å². The zero-order valence-corrected chi connectivity index (χ0v) is 19.3. The van der Waals surface area contributed by atoms with Gasteiger partial charge in [-0.05, 0) is 41.7 Å². The number of nitrogens with zero attached hydrogens (tertiary/aromatic N) is 1. The zero-order valence-electron chi connectivity index (χ0n) is 19.3. The second kappa shape index (κ2) is 12.6. The lowest BCUT2D eigenvalue weighted by Gasteiger charge is -2.18. The molecule has 0 aliphatic heterocycles. The van der Waals surface area contributed by atoms with Gasteiger partial charge in [0.1, 0.15) is 6.04 Å². The first-order valence-electron chi connectivity index (χ1n) is 11.3. The van der Waals surface area contributed by atoms with Crippen molar-refractivity contribution < 1.29 is 19.5 Å². The molecule has 2 N–H and O–H groups in total. The van der Waals surface area contributed by atoms with Gasteiger partial charge in [0.25, 0.3) is 0 Å². The highest BCUT2D eigenvalue weighted by molar-refractivity contribution is 5.93. The van der Waals surface area contributed by atoms with Gasteiger partial charge >= 0.3 is 5.97 Å². The topological polar surface area (TPSA) is 86.7 Å². The molecule has 0 heterocycles. The van der Waals surface area contributed by atoms with Crippen LogP contribution in [0.15, 0.2) is 48.5 Å². The monoisotopic (exact) mass is 438 g/mol. The third-order valence-electron chi connectivity index (χ3n) is 5.44. The van der Waals surface area contributed by atoms with Gasteiger partial charge in [-0.1, -0.05) is 63.1 Å². The number of carbonyl (C=O) groups excluding carboxylic acids is 2. The average Bonchev–Trinajstić information content (AvgIpc) is 2.79. The molecule has 0 aliphatic carbocycles. The Morgan fingerprint density at radius 1 is 0.938 bits per heavy atom. The third-order valence-corrected chi connectivity index (χ3v) is 5.44. The molecule has 0 saturated carbocycles. The average molecular weight is 439 g/mol. The Bertz CT molecular complexity index is 908. The molecule has 2 aromatic carbocycles. The Hall–Kier alpha value is -3.15. The summed E-state index contributed by atoms with van der Waals surface area (Å²) >= 11 is 0. The van der Waals surface area contributed by atoms with E-state index in [4.69, 9.17) is 0 Å². The van der Waals surface area contributed by atoms with Gasteiger partial charge in [-0.15, -0.1) is 0 Å². The van der Waals surface area contributed by atoms with Crippen LogP contribution in [-0.2, 0) is 20.8 Å². The number of carboxylic acids is 1. The molecule has 2 amide bonds. The number of aliphatic carboxylic acids is 1. The maximum atomic E-state index is 12.4. The van der Waals surface area contributed by atoms with Crippen LogP contribution < -0.4 is 10.2 Å². The number of nitrogens with one attached hydrogen (secondary N) is 1. The predicted octanol–water partition coefficient (Wildman–Crippen LogP) is 4.81. The molecule has 2 aromatic rings. The minimum absolute atomic E-state index is 0.107. The molecular weight excluding hydrogens is 404 g/mol. The lowest BCUT2D eigenvalue weighted by molar-refractivity contribution is -0.141. The molecular formula is C26H34N2O4. The molecule has 0 aromatic heterocycles. The number of amides is 2. The fraction of sp³-hybridized carbons (Fsp3) is 0.423. The molecule has 0 bridgehead atoms. The van der Waals surface area contributed by atoms with Crippen LogP contribution >= 0.6 is 0 Å². The molecule has 172 valence electrons. The van der Waals surface area contributed by atoms with Crippen LogP contribution in [0.2, 0.25) is 0 Å². The molecule has 6 nitrogen and oxygen atoms in total. The molecule has 2 rings (SSSR count). The lowest BCUT2D eigenvalue weighted by Crippen LogP contribution is -2.42. The molecule has 0 aliphatic rings. The van der Waals surface area contributed by atoms with E-state index in [1.165, 1.54) is 0 Å². The number of unbranched alkanes of at least 4 members (excludes halogenated alkanes) is 2. The standard InChI is InChI=1S/C26H34N2O4/c1-4-6-7-12-25(30)28(3)22-11-8-10-21(18-22)20-15-13-19(14-16-20)17-23(26(31)32)27-24(29)9-5-2/h8,10-11,13-16,18,23H,4-7,9,12,17H2,1-3H3,(H,27,29)(H,31,32). The molecule has 6 heteroatoms. The largest absolute Gasteiger partial charge is 0.480 e. The fourth-order valence-electron chi connectivity index (χ4n) is 3.49. The molecule has 1 unspecified atom stereocenters. The van der Waals surface area contributed by atoms with Crippen LogP contribution in [0, 0.1) is 0 Å². The minimum atomic E-state index is -1.04. The first-order chi connectivity index (χ1) is 15.3. The van der Waals surface area contributed by atoms with E-state index >= 15 is 0 Å². The third kappa shape index (κ3) is 7.52. The number of hydrogen-bond donors (Lipinski definition) is 2. The Balaban J connectivity index is 2.09. The van der Waals surface area contributed by atoms with Crippen molar-refractivity contribution in [2.75, 3.05) is 11.9 Å². The van der Waals surface area contributed by atoms with Crippen LogP contribution in [-0.4, -0.2) is 36.0 Å². The Morgan fingerprint density at radius 3 is 2.28 bits per heavy atom. The zero-order chi connectivity index (χ0) is 23.5. The summed E-state index contributed by atoms with van der Waals surface area (Å²) in [5.74, 6) is -1.18. The van der Waals surface area contributed by atoms with Crippen LogP contribution in [0.3, 0.4) is 0 Å². The van der Waals surface area contributed by atoms with Crippen molar-refractivity contribution in [2.45, 2.75) is 64.8 Å². The highest BCUT2D eigenvalue weighted by Gasteiger charge is 2.20. The van der Waals surface area contributed by atoms with Crippen molar-refractivity contribution in [3.8, 4) is 11.1 Å². The molecule has 0 fully saturated rings. The molecule has 0 spiro atoms. The number of carbonyl (C=O) groups is 3. The van der Waals surface area contributed by atoms with E-state index in [0.29, 0.717) is 19.3 Å². The Morgan fingerprint density at radius 2 is 1.66 bits per heavy atom. The number of carboxylic acid groups (broad SMARTS) is 1. The van der Waals surface area contributed by atoms with Crippen molar-refractivity contribution >= 4 is 23.5 Å². The first kappa shape index (κ1) is 25.1. The van der Waals surface area contributed by atoms with Crippen molar-refractivity contribution in [2.24, 2.45) is 0 Å². The van der Waals surface area contributed by atoms with E-state index in [-0.39, 0.29) is 18.2 Å². The highest BCUT2D eigenvalue weighted by Crippen LogP contribution is 2.25. The van der Waals surface area contributed by atoms with Gasteiger partial charge < -0.3 is 15.3 Å². The summed E-state index contributed by atoms with van der Waals surface area (Å²) in [6, 6.07) is 14.5. The smallest absolute Gasteiger partial charge is 0.326 e. The highest BCUT2D eigenvalue weighted by atomic mass is 16.4. The normalized spacial score (nSPS) is 11.6. The van der Waals surface area contributed by atoms with Crippen molar-refractivity contribution in [3.63, 3.8) is 0 Å². The van der Waals surface area contributed by atoms with Gasteiger partial charge in [0.2, 0.25) is 11.8 Å². The predicted molar refractivity (Wildman–Crippen MR) is 128 cm³/mol. The summed E-state index contributed by atoms with van der Waals surface area (Å²) in [5, 5.41) is 12.0. The van der Waals surface area contributed by atoms with E-state index < -0.39 is 12.0 Å². The fourth-order valence-corrected chi connectivity index (χ4v) is 3.49. The summed E-state index contributed by atoms with van der Waals surface area (Å²) in [5.41, 5.74) is 3.63. The van der Waals surface area contributed by atoms with Gasteiger partial charge in [-0.25, -0.2) is 4.79 Å². The van der Waals surface area contributed by atoms with Gasteiger partial charge in [-0.2, -0.15) is 0 Å². The minimum Gasteiger partial charge on any atom is -0.480 e. The first-order valence-corrected chi connectivity index (χ1v) is 11.3. The van der Waals surface area contributed by atoms with Crippen LogP contribution in [0.1, 0.15) is 57.9 Å². The molecule has 0 saturated heterocycles. The summed E-state index contributed by atoms with van der Waals surface area (Å²) in [4.78, 5) is 37.4. The molecule has 32 heavy (non-hydrogen) atoms. The van der Waals surface area contributed by atoms with Gasteiger partial charge in [0.05, 0.1) is 0 Å². The molecule has 0 radical (unpaired) electrons. The Kier molecular flexibility index (Phi) is 9.92. The quantitative estimate of drug-likeness (QED) is 0.466.